The average molecular weight is 362 g/mol. The number of anilines is 1. The molecule has 2 aromatic carbocycles. The summed E-state index contributed by atoms with van der Waals surface area (Å²) in [6.45, 7) is 4.36. The number of amides is 1. The molecule has 0 spiro atoms. The van der Waals surface area contributed by atoms with Gasteiger partial charge in [0.15, 0.2) is 5.96 Å². The molecule has 1 heterocycles. The smallest absolute Gasteiger partial charge is 0.225 e. The van der Waals surface area contributed by atoms with E-state index in [1.54, 1.807) is 0 Å². The first-order chi connectivity index (χ1) is 13.2. The van der Waals surface area contributed by atoms with Crippen molar-refractivity contribution in [2.45, 2.75) is 31.6 Å². The number of carbonyl (C=O) groups is 1. The molecule has 1 aliphatic heterocycles. The van der Waals surface area contributed by atoms with E-state index in [9.17, 15) is 4.79 Å². The molecule has 2 aromatic rings. The lowest BCUT2D eigenvalue weighted by Gasteiger charge is -2.29. The second-order valence-electron chi connectivity index (χ2n) is 7.24. The first-order valence-electron chi connectivity index (χ1n) is 9.73. The number of carbonyl (C=O) groups excluding carboxylic acids is 1. The van der Waals surface area contributed by atoms with Crippen LogP contribution < -0.4 is 16.0 Å². The normalized spacial score (nSPS) is 20.8. The molecule has 27 heavy (non-hydrogen) atoms. The van der Waals surface area contributed by atoms with Crippen molar-refractivity contribution >= 4 is 17.6 Å². The van der Waals surface area contributed by atoms with Crippen molar-refractivity contribution in [3.05, 3.63) is 65.2 Å². The minimum absolute atomic E-state index is 0.0773. The summed E-state index contributed by atoms with van der Waals surface area (Å²) in [7, 11) is 0. The largest absolute Gasteiger partial charge is 0.357 e. The zero-order valence-electron chi connectivity index (χ0n) is 15.7. The third kappa shape index (κ3) is 3.82. The third-order valence-corrected chi connectivity index (χ3v) is 5.40. The summed E-state index contributed by atoms with van der Waals surface area (Å²) >= 11 is 0. The summed E-state index contributed by atoms with van der Waals surface area (Å²) in [5, 5.41) is 9.72. The predicted molar refractivity (Wildman–Crippen MR) is 109 cm³/mol. The number of fused-ring (bicyclic) bond motifs is 2. The van der Waals surface area contributed by atoms with Crippen LogP contribution in [0.15, 0.2) is 53.5 Å². The van der Waals surface area contributed by atoms with Gasteiger partial charge in [0.1, 0.15) is 0 Å². The van der Waals surface area contributed by atoms with E-state index in [0.717, 1.165) is 31.2 Å². The number of aliphatic imine (C=N–C) groups is 1. The minimum Gasteiger partial charge on any atom is -0.357 e. The quantitative estimate of drug-likeness (QED) is 0.566. The van der Waals surface area contributed by atoms with Crippen molar-refractivity contribution in [1.29, 1.82) is 0 Å². The van der Waals surface area contributed by atoms with Crippen molar-refractivity contribution in [3.8, 4) is 0 Å². The van der Waals surface area contributed by atoms with Crippen molar-refractivity contribution in [1.82, 2.24) is 10.6 Å². The monoisotopic (exact) mass is 362 g/mol. The van der Waals surface area contributed by atoms with Crippen LogP contribution in [-0.2, 0) is 11.2 Å². The van der Waals surface area contributed by atoms with E-state index in [0.29, 0.717) is 18.9 Å². The van der Waals surface area contributed by atoms with Gasteiger partial charge in [0.25, 0.3) is 0 Å². The van der Waals surface area contributed by atoms with Gasteiger partial charge in [-0.15, -0.1) is 0 Å². The number of para-hydroxylation sites is 1. The highest BCUT2D eigenvalue weighted by Crippen LogP contribution is 2.35. The molecule has 0 fully saturated rings. The molecule has 3 N–H and O–H groups in total. The SMILES string of the molecule is CCNC(=NCC1Cc2ccccc21)NCC1CC(=O)Nc2ccccc21. The molecule has 2 aliphatic rings. The van der Waals surface area contributed by atoms with E-state index < -0.39 is 0 Å². The van der Waals surface area contributed by atoms with Crippen LogP contribution in [0.5, 0.6) is 0 Å². The molecular formula is C22H26N4O. The lowest BCUT2D eigenvalue weighted by molar-refractivity contribution is -0.116. The maximum atomic E-state index is 12.0. The summed E-state index contributed by atoms with van der Waals surface area (Å²) in [6, 6.07) is 16.6. The van der Waals surface area contributed by atoms with Gasteiger partial charge in [-0.3, -0.25) is 9.79 Å². The van der Waals surface area contributed by atoms with E-state index in [-0.39, 0.29) is 11.8 Å². The Labute approximate surface area is 160 Å². The summed E-state index contributed by atoms with van der Waals surface area (Å²) in [6.07, 6.45) is 1.61. The maximum absolute atomic E-state index is 12.0. The van der Waals surface area contributed by atoms with Crippen LogP contribution in [0.25, 0.3) is 0 Å². The standard InChI is InChI=1S/C22H26N4O/c1-2-23-22(24-13-16-11-15-7-3-4-8-18(15)16)25-14-17-12-21(27)26-20-10-6-5-9-19(17)20/h3-10,16-17H,2,11-14H2,1H3,(H,26,27)(H2,23,24,25). The van der Waals surface area contributed by atoms with Crippen molar-refractivity contribution in [3.63, 3.8) is 0 Å². The molecule has 140 valence electrons. The summed E-state index contributed by atoms with van der Waals surface area (Å²) < 4.78 is 0. The van der Waals surface area contributed by atoms with Gasteiger partial charge >= 0.3 is 0 Å². The molecule has 0 saturated heterocycles. The average Bonchev–Trinajstić information content (AvgIpc) is 2.66. The number of rotatable bonds is 5. The molecule has 2 unspecified atom stereocenters. The van der Waals surface area contributed by atoms with Gasteiger partial charge in [-0.25, -0.2) is 0 Å². The fraction of sp³-hybridized carbons (Fsp3) is 0.364. The van der Waals surface area contributed by atoms with Gasteiger partial charge in [-0.2, -0.15) is 0 Å². The summed E-state index contributed by atoms with van der Waals surface area (Å²) in [5.74, 6) is 1.57. The summed E-state index contributed by atoms with van der Waals surface area (Å²) in [5.41, 5.74) is 4.98. The van der Waals surface area contributed by atoms with Crippen LogP contribution >= 0.6 is 0 Å². The highest BCUT2D eigenvalue weighted by atomic mass is 16.1. The minimum atomic E-state index is 0.0773. The van der Waals surface area contributed by atoms with Gasteiger partial charge < -0.3 is 16.0 Å². The molecule has 0 aromatic heterocycles. The molecule has 0 radical (unpaired) electrons. The third-order valence-electron chi connectivity index (χ3n) is 5.40. The van der Waals surface area contributed by atoms with Crippen LogP contribution in [0.4, 0.5) is 5.69 Å². The lowest BCUT2D eigenvalue weighted by Crippen LogP contribution is -2.41. The van der Waals surface area contributed by atoms with E-state index >= 15 is 0 Å². The van der Waals surface area contributed by atoms with Crippen LogP contribution in [0.3, 0.4) is 0 Å². The van der Waals surface area contributed by atoms with Gasteiger partial charge in [-0.05, 0) is 36.1 Å². The highest BCUT2D eigenvalue weighted by Gasteiger charge is 2.26. The van der Waals surface area contributed by atoms with Crippen molar-refractivity contribution < 1.29 is 4.79 Å². The fourth-order valence-corrected chi connectivity index (χ4v) is 3.97. The topological polar surface area (TPSA) is 65.5 Å². The Morgan fingerprint density at radius 2 is 1.81 bits per heavy atom. The molecule has 2 atom stereocenters. The van der Waals surface area contributed by atoms with E-state index in [4.69, 9.17) is 4.99 Å². The lowest BCUT2D eigenvalue weighted by atomic mass is 9.78. The second kappa shape index (κ2) is 7.82. The fourth-order valence-electron chi connectivity index (χ4n) is 3.97. The molecule has 5 heteroatoms. The highest BCUT2D eigenvalue weighted by molar-refractivity contribution is 5.94. The Bertz CT molecular complexity index is 861. The molecule has 1 amide bonds. The first-order valence-corrected chi connectivity index (χ1v) is 9.73. The number of guanidine groups is 1. The van der Waals surface area contributed by atoms with Crippen LogP contribution in [0, 0.1) is 0 Å². The summed E-state index contributed by atoms with van der Waals surface area (Å²) in [4.78, 5) is 16.8. The molecular weight excluding hydrogens is 336 g/mol. The number of nitrogens with one attached hydrogen (secondary N) is 3. The number of hydrogen-bond donors (Lipinski definition) is 3. The Kier molecular flexibility index (Phi) is 5.10. The van der Waals surface area contributed by atoms with Gasteiger partial charge in [0.2, 0.25) is 5.91 Å². The Hall–Kier alpha value is -2.82. The number of benzene rings is 2. The van der Waals surface area contributed by atoms with Gasteiger partial charge in [-0.1, -0.05) is 42.5 Å². The van der Waals surface area contributed by atoms with Crippen LogP contribution in [0.2, 0.25) is 0 Å². The zero-order valence-corrected chi connectivity index (χ0v) is 15.7. The molecule has 1 aliphatic carbocycles. The molecule has 5 nitrogen and oxygen atoms in total. The van der Waals surface area contributed by atoms with E-state index in [1.807, 2.05) is 18.2 Å². The molecule has 4 rings (SSSR count). The Morgan fingerprint density at radius 1 is 1.04 bits per heavy atom. The molecule has 0 saturated carbocycles. The van der Waals surface area contributed by atoms with Crippen molar-refractivity contribution in [2.24, 2.45) is 4.99 Å². The number of nitrogens with zero attached hydrogens (tertiary/aromatic N) is 1. The Morgan fingerprint density at radius 3 is 2.63 bits per heavy atom. The second-order valence-corrected chi connectivity index (χ2v) is 7.24. The van der Waals surface area contributed by atoms with E-state index in [2.05, 4.69) is 53.2 Å². The van der Waals surface area contributed by atoms with Gasteiger partial charge in [0, 0.05) is 43.6 Å². The van der Waals surface area contributed by atoms with Crippen LogP contribution in [0.1, 0.15) is 41.9 Å². The Balaban J connectivity index is 1.40. The van der Waals surface area contributed by atoms with Crippen molar-refractivity contribution in [2.75, 3.05) is 25.0 Å². The zero-order chi connectivity index (χ0) is 18.6. The predicted octanol–water partition coefficient (Wildman–Crippen LogP) is 3.01. The maximum Gasteiger partial charge on any atom is 0.225 e. The van der Waals surface area contributed by atoms with Crippen LogP contribution in [-0.4, -0.2) is 31.5 Å². The molecule has 0 bridgehead atoms. The number of hydrogen-bond acceptors (Lipinski definition) is 2. The van der Waals surface area contributed by atoms with Gasteiger partial charge in [0.05, 0.1) is 0 Å². The van der Waals surface area contributed by atoms with E-state index in [1.165, 1.54) is 16.7 Å². The first kappa shape index (κ1) is 17.6.